The lowest BCUT2D eigenvalue weighted by Gasteiger charge is -2.38. The van der Waals surface area contributed by atoms with Crippen molar-refractivity contribution >= 4 is 0 Å². The van der Waals surface area contributed by atoms with E-state index in [1.807, 2.05) is 50.2 Å². The molecular formula is C40H50O4. The van der Waals surface area contributed by atoms with Crippen molar-refractivity contribution in [3.8, 4) is 23.0 Å². The molecular weight excluding hydrogens is 544 g/mol. The van der Waals surface area contributed by atoms with Crippen LogP contribution in [0.3, 0.4) is 0 Å². The maximum Gasteiger partial charge on any atom is 0.119 e. The van der Waals surface area contributed by atoms with Gasteiger partial charge >= 0.3 is 0 Å². The highest BCUT2D eigenvalue weighted by Gasteiger charge is 2.35. The lowest BCUT2D eigenvalue weighted by Crippen LogP contribution is -2.30. The van der Waals surface area contributed by atoms with Crippen LogP contribution in [0.5, 0.6) is 23.0 Å². The number of hydrogen-bond donors (Lipinski definition) is 2. The van der Waals surface area contributed by atoms with Crippen molar-refractivity contribution < 1.29 is 19.7 Å². The summed E-state index contributed by atoms with van der Waals surface area (Å²) in [6.45, 7) is 11.4. The van der Waals surface area contributed by atoms with Crippen LogP contribution in [0.15, 0.2) is 97.1 Å². The Labute approximate surface area is 264 Å². The van der Waals surface area contributed by atoms with Crippen LogP contribution in [0, 0.1) is 0 Å². The lowest BCUT2D eigenvalue weighted by atomic mass is 9.65. The third-order valence-corrected chi connectivity index (χ3v) is 9.08. The van der Waals surface area contributed by atoms with Gasteiger partial charge in [-0.1, -0.05) is 88.6 Å². The maximum atomic E-state index is 9.61. The van der Waals surface area contributed by atoms with Crippen LogP contribution in [0.2, 0.25) is 0 Å². The SMILES string of the molecule is CC(C)Oc1ccc(C2(c3ccc(O)cc3)CCCCC2)cc1.CCCOc1ccc(C(C)(CC)c2ccc(O)cc2)cc1. The Bertz CT molecular complexity index is 1400. The fraction of sp³-hybridized carbons (Fsp3) is 0.400. The van der Waals surface area contributed by atoms with Crippen molar-refractivity contribution in [1.82, 2.24) is 0 Å². The quantitative estimate of drug-likeness (QED) is 0.192. The summed E-state index contributed by atoms with van der Waals surface area (Å²) in [7, 11) is 0. The Morgan fingerprint density at radius 2 is 1.11 bits per heavy atom. The Balaban J connectivity index is 0.000000202. The van der Waals surface area contributed by atoms with Gasteiger partial charge in [-0.3, -0.25) is 0 Å². The Morgan fingerprint density at radius 3 is 1.59 bits per heavy atom. The highest BCUT2D eigenvalue weighted by Crippen LogP contribution is 2.45. The first-order chi connectivity index (χ1) is 21.2. The Morgan fingerprint density at radius 1 is 0.659 bits per heavy atom. The van der Waals surface area contributed by atoms with E-state index in [9.17, 15) is 10.2 Å². The molecule has 2 N–H and O–H groups in total. The standard InChI is InChI=1S/C21H26O2.C19H24O2/c1-16(2)23-20-12-8-18(9-13-20)21(14-4-3-5-15-21)17-6-10-19(22)11-7-17;1-4-14-21-18-12-8-16(9-13-18)19(3,5-2)15-6-10-17(20)11-7-15/h6-13,16,22H,3-5,14-15H2,1-2H3;6-13,20H,4-5,14H2,1-3H3. The predicted octanol–water partition coefficient (Wildman–Crippen LogP) is 10.3. The van der Waals surface area contributed by atoms with Crippen LogP contribution in [0.25, 0.3) is 0 Å². The molecule has 1 aliphatic rings. The van der Waals surface area contributed by atoms with E-state index in [1.165, 1.54) is 54.4 Å². The second kappa shape index (κ2) is 15.2. The summed E-state index contributed by atoms with van der Waals surface area (Å²) in [5.74, 6) is 2.49. The molecule has 4 heteroatoms. The normalized spacial score (nSPS) is 15.5. The first kappa shape index (κ1) is 33.0. The Kier molecular flexibility index (Phi) is 11.4. The summed E-state index contributed by atoms with van der Waals surface area (Å²) in [5.41, 5.74) is 5.16. The zero-order valence-electron chi connectivity index (χ0n) is 27.2. The molecule has 0 spiro atoms. The largest absolute Gasteiger partial charge is 0.508 e. The number of benzene rings is 4. The molecule has 234 valence electrons. The molecule has 0 bridgehead atoms. The fourth-order valence-electron chi connectivity index (χ4n) is 6.35. The monoisotopic (exact) mass is 594 g/mol. The van der Waals surface area contributed by atoms with Crippen molar-refractivity contribution in [2.45, 2.75) is 96.5 Å². The number of phenols is 2. The first-order valence-electron chi connectivity index (χ1n) is 16.3. The van der Waals surface area contributed by atoms with E-state index in [4.69, 9.17) is 9.47 Å². The van der Waals surface area contributed by atoms with Crippen LogP contribution in [0.1, 0.15) is 102 Å². The maximum absolute atomic E-state index is 9.61. The van der Waals surface area contributed by atoms with Gasteiger partial charge in [0.05, 0.1) is 12.7 Å². The average molecular weight is 595 g/mol. The number of aromatic hydroxyl groups is 2. The molecule has 1 fully saturated rings. The summed E-state index contributed by atoms with van der Waals surface area (Å²) in [6.07, 6.45) is 8.37. The summed E-state index contributed by atoms with van der Waals surface area (Å²) in [5, 5.41) is 19.1. The molecule has 4 nitrogen and oxygen atoms in total. The van der Waals surface area contributed by atoms with Gasteiger partial charge < -0.3 is 19.7 Å². The third kappa shape index (κ3) is 7.96. The number of rotatable bonds is 10. The molecule has 0 aromatic heterocycles. The minimum absolute atomic E-state index is 0.0585. The molecule has 0 saturated heterocycles. The van der Waals surface area contributed by atoms with Gasteiger partial charge in [-0.05, 0) is 110 Å². The van der Waals surface area contributed by atoms with Crippen LogP contribution in [-0.4, -0.2) is 22.9 Å². The third-order valence-electron chi connectivity index (χ3n) is 9.08. The van der Waals surface area contributed by atoms with Gasteiger partial charge in [0, 0.05) is 10.8 Å². The van der Waals surface area contributed by atoms with Gasteiger partial charge in [0.2, 0.25) is 0 Å². The number of ether oxygens (including phenoxy) is 2. The molecule has 1 aliphatic carbocycles. The van der Waals surface area contributed by atoms with E-state index in [2.05, 4.69) is 69.3 Å². The molecule has 0 radical (unpaired) electrons. The smallest absolute Gasteiger partial charge is 0.119 e. The first-order valence-corrected chi connectivity index (χ1v) is 16.3. The average Bonchev–Trinajstić information content (AvgIpc) is 3.05. The zero-order chi connectivity index (χ0) is 31.6. The van der Waals surface area contributed by atoms with E-state index < -0.39 is 0 Å². The van der Waals surface area contributed by atoms with Gasteiger partial charge in [0.15, 0.2) is 0 Å². The molecule has 44 heavy (non-hydrogen) atoms. The Hall–Kier alpha value is -3.92. The summed E-state index contributed by atoms with van der Waals surface area (Å²) < 4.78 is 11.4. The minimum atomic E-state index is -0.0585. The van der Waals surface area contributed by atoms with Crippen molar-refractivity contribution in [2.75, 3.05) is 6.61 Å². The van der Waals surface area contributed by atoms with Crippen LogP contribution in [0.4, 0.5) is 0 Å². The number of hydrogen-bond acceptors (Lipinski definition) is 4. The van der Waals surface area contributed by atoms with Crippen molar-refractivity contribution in [1.29, 1.82) is 0 Å². The van der Waals surface area contributed by atoms with Crippen molar-refractivity contribution in [2.24, 2.45) is 0 Å². The second-order valence-corrected chi connectivity index (χ2v) is 12.5. The summed E-state index contributed by atoms with van der Waals surface area (Å²) >= 11 is 0. The van der Waals surface area contributed by atoms with Crippen LogP contribution < -0.4 is 9.47 Å². The van der Waals surface area contributed by atoms with Crippen LogP contribution >= 0.6 is 0 Å². The van der Waals surface area contributed by atoms with Gasteiger partial charge in [0.1, 0.15) is 23.0 Å². The van der Waals surface area contributed by atoms with Gasteiger partial charge in [-0.2, -0.15) is 0 Å². The highest BCUT2D eigenvalue weighted by atomic mass is 16.5. The molecule has 4 aromatic carbocycles. The van der Waals surface area contributed by atoms with Gasteiger partial charge in [-0.15, -0.1) is 0 Å². The van der Waals surface area contributed by atoms with E-state index in [0.717, 1.165) is 30.9 Å². The topological polar surface area (TPSA) is 58.9 Å². The van der Waals surface area contributed by atoms with Crippen molar-refractivity contribution in [3.63, 3.8) is 0 Å². The zero-order valence-corrected chi connectivity index (χ0v) is 27.2. The minimum Gasteiger partial charge on any atom is -0.508 e. The van der Waals surface area contributed by atoms with Crippen molar-refractivity contribution in [3.05, 3.63) is 119 Å². The molecule has 1 unspecified atom stereocenters. The molecule has 1 atom stereocenters. The highest BCUT2D eigenvalue weighted by molar-refractivity contribution is 5.44. The fourth-order valence-corrected chi connectivity index (χ4v) is 6.35. The molecule has 1 saturated carbocycles. The van der Waals surface area contributed by atoms with E-state index >= 15 is 0 Å². The van der Waals surface area contributed by atoms with Gasteiger partial charge in [0.25, 0.3) is 0 Å². The molecule has 5 rings (SSSR count). The summed E-state index contributed by atoms with van der Waals surface area (Å²) in [6, 6.07) is 32.3. The van der Waals surface area contributed by atoms with E-state index in [-0.39, 0.29) is 16.9 Å². The molecule has 0 aliphatic heterocycles. The second-order valence-electron chi connectivity index (χ2n) is 12.5. The number of phenolic OH excluding ortho intramolecular Hbond substituents is 2. The molecule has 0 amide bonds. The lowest BCUT2D eigenvalue weighted by molar-refractivity contribution is 0.242. The summed E-state index contributed by atoms with van der Waals surface area (Å²) in [4.78, 5) is 0. The van der Waals surface area contributed by atoms with Crippen LogP contribution in [-0.2, 0) is 10.8 Å². The van der Waals surface area contributed by atoms with Gasteiger partial charge in [-0.25, -0.2) is 0 Å². The molecule has 4 aromatic rings. The van der Waals surface area contributed by atoms with E-state index in [0.29, 0.717) is 11.5 Å². The van der Waals surface area contributed by atoms with E-state index in [1.54, 1.807) is 12.1 Å². The molecule has 0 heterocycles. The predicted molar refractivity (Wildman–Crippen MR) is 181 cm³/mol.